The summed E-state index contributed by atoms with van der Waals surface area (Å²) >= 11 is 0. The molecule has 0 amide bonds. The number of hydrogen-bond donors (Lipinski definition) is 0. The van der Waals surface area contributed by atoms with E-state index in [-0.39, 0.29) is 18.3 Å². The molecule has 0 unspecified atom stereocenters. The first kappa shape index (κ1) is 18.7. The molecule has 0 aromatic heterocycles. The zero-order valence-electron chi connectivity index (χ0n) is 15.9. The van der Waals surface area contributed by atoms with Crippen LogP contribution in [-0.4, -0.2) is 62.7 Å². The molecule has 25 heavy (non-hydrogen) atoms. The number of benzene rings is 1. The molecule has 0 atom stereocenters. The van der Waals surface area contributed by atoms with E-state index in [1.54, 1.807) is 0 Å². The van der Waals surface area contributed by atoms with Crippen LogP contribution in [0.15, 0.2) is 24.3 Å². The Morgan fingerprint density at radius 2 is 1.60 bits per heavy atom. The van der Waals surface area contributed by atoms with Gasteiger partial charge in [0.1, 0.15) is 5.75 Å². The Balaban J connectivity index is 1.45. The molecule has 1 aromatic carbocycles. The van der Waals surface area contributed by atoms with Crippen molar-refractivity contribution >= 4 is 12.6 Å². The van der Waals surface area contributed by atoms with Crippen LogP contribution >= 0.6 is 0 Å². The second-order valence-corrected chi connectivity index (χ2v) is 7.81. The van der Waals surface area contributed by atoms with E-state index < -0.39 is 0 Å². The van der Waals surface area contributed by atoms with Crippen molar-refractivity contribution in [2.24, 2.45) is 0 Å². The maximum absolute atomic E-state index is 6.08. The van der Waals surface area contributed by atoms with Crippen LogP contribution in [0.5, 0.6) is 5.75 Å². The first-order valence-corrected chi connectivity index (χ1v) is 9.26. The molecular formula is C19H30BNO4. The molecule has 6 heteroatoms. The topological polar surface area (TPSA) is 40.2 Å². The van der Waals surface area contributed by atoms with Crippen molar-refractivity contribution < 1.29 is 18.8 Å². The lowest BCUT2D eigenvalue weighted by Crippen LogP contribution is -2.41. The summed E-state index contributed by atoms with van der Waals surface area (Å²) in [4.78, 5) is 2.42. The zero-order chi connectivity index (χ0) is 17.9. The molecule has 0 aliphatic carbocycles. The third kappa shape index (κ3) is 4.56. The standard InChI is InChI=1S/C19H30BNO4/c1-18(2)19(3,4)25-20(24-18)16-6-8-17(9-7-16)23-13-5-10-21-11-14-22-15-12-21/h6-9H,5,10-15H2,1-4H3. The molecule has 0 radical (unpaired) electrons. The lowest BCUT2D eigenvalue weighted by molar-refractivity contribution is 0.00578. The molecule has 2 saturated heterocycles. The highest BCUT2D eigenvalue weighted by molar-refractivity contribution is 6.62. The van der Waals surface area contributed by atoms with Crippen molar-refractivity contribution in [1.82, 2.24) is 4.90 Å². The summed E-state index contributed by atoms with van der Waals surface area (Å²) in [6.45, 7) is 13.8. The van der Waals surface area contributed by atoms with E-state index >= 15 is 0 Å². The van der Waals surface area contributed by atoms with E-state index in [0.717, 1.165) is 57.1 Å². The predicted octanol–water partition coefficient (Wildman–Crippen LogP) is 2.09. The summed E-state index contributed by atoms with van der Waals surface area (Å²) in [6, 6.07) is 8.04. The van der Waals surface area contributed by atoms with Crippen molar-refractivity contribution in [3.05, 3.63) is 24.3 Å². The Labute approximate surface area is 151 Å². The third-order valence-electron chi connectivity index (χ3n) is 5.40. The van der Waals surface area contributed by atoms with Gasteiger partial charge in [-0.15, -0.1) is 0 Å². The largest absolute Gasteiger partial charge is 0.494 e. The molecule has 2 aliphatic heterocycles. The smallest absolute Gasteiger partial charge is 0.494 e. The molecule has 0 saturated carbocycles. The predicted molar refractivity (Wildman–Crippen MR) is 99.5 cm³/mol. The number of nitrogens with zero attached hydrogens (tertiary/aromatic N) is 1. The van der Waals surface area contributed by atoms with Gasteiger partial charge in [-0.3, -0.25) is 4.90 Å². The quantitative estimate of drug-likeness (QED) is 0.582. The Morgan fingerprint density at radius 3 is 2.20 bits per heavy atom. The average Bonchev–Trinajstić information content (AvgIpc) is 2.81. The van der Waals surface area contributed by atoms with Crippen molar-refractivity contribution in [3.8, 4) is 5.75 Å². The van der Waals surface area contributed by atoms with Crippen LogP contribution in [0.4, 0.5) is 0 Å². The number of rotatable bonds is 6. The van der Waals surface area contributed by atoms with Gasteiger partial charge in [-0.1, -0.05) is 12.1 Å². The number of morpholine rings is 1. The zero-order valence-corrected chi connectivity index (χ0v) is 15.9. The van der Waals surface area contributed by atoms with Gasteiger partial charge in [0.2, 0.25) is 0 Å². The van der Waals surface area contributed by atoms with Gasteiger partial charge in [0, 0.05) is 19.6 Å². The molecule has 2 heterocycles. The Hall–Kier alpha value is -1.08. The highest BCUT2D eigenvalue weighted by Gasteiger charge is 2.51. The molecule has 1 aromatic rings. The Bertz CT molecular complexity index is 539. The molecular weight excluding hydrogens is 317 g/mol. The first-order valence-electron chi connectivity index (χ1n) is 9.26. The summed E-state index contributed by atoms with van der Waals surface area (Å²) in [7, 11) is -0.319. The van der Waals surface area contributed by atoms with Gasteiger partial charge in [0.05, 0.1) is 31.0 Å². The fraction of sp³-hybridized carbons (Fsp3) is 0.684. The summed E-state index contributed by atoms with van der Waals surface area (Å²) in [5, 5.41) is 0. The van der Waals surface area contributed by atoms with Gasteiger partial charge < -0.3 is 18.8 Å². The molecule has 2 aliphatic rings. The fourth-order valence-corrected chi connectivity index (χ4v) is 3.00. The number of hydrogen-bond acceptors (Lipinski definition) is 5. The van der Waals surface area contributed by atoms with Crippen molar-refractivity contribution in [1.29, 1.82) is 0 Å². The monoisotopic (exact) mass is 347 g/mol. The molecule has 0 bridgehead atoms. The van der Waals surface area contributed by atoms with Crippen LogP contribution in [0.1, 0.15) is 34.1 Å². The van der Waals surface area contributed by atoms with Crippen molar-refractivity contribution in [2.75, 3.05) is 39.5 Å². The lowest BCUT2D eigenvalue weighted by atomic mass is 9.79. The van der Waals surface area contributed by atoms with E-state index in [4.69, 9.17) is 18.8 Å². The molecule has 3 rings (SSSR count). The van der Waals surface area contributed by atoms with E-state index in [2.05, 4.69) is 32.6 Å². The van der Waals surface area contributed by atoms with Gasteiger partial charge >= 0.3 is 7.12 Å². The van der Waals surface area contributed by atoms with E-state index in [1.165, 1.54) is 0 Å². The SMILES string of the molecule is CC1(C)OB(c2ccc(OCCCN3CCOCC3)cc2)OC1(C)C. The van der Waals surface area contributed by atoms with Gasteiger partial charge in [-0.05, 0) is 51.7 Å². The molecule has 0 spiro atoms. The van der Waals surface area contributed by atoms with Crippen molar-refractivity contribution in [2.45, 2.75) is 45.3 Å². The number of ether oxygens (including phenoxy) is 2. The fourth-order valence-electron chi connectivity index (χ4n) is 3.00. The van der Waals surface area contributed by atoms with Crippen LogP contribution < -0.4 is 10.2 Å². The maximum atomic E-state index is 6.08. The van der Waals surface area contributed by atoms with Crippen LogP contribution in [-0.2, 0) is 14.0 Å². The van der Waals surface area contributed by atoms with E-state index in [1.807, 2.05) is 24.3 Å². The van der Waals surface area contributed by atoms with Crippen LogP contribution in [0.25, 0.3) is 0 Å². The molecule has 5 nitrogen and oxygen atoms in total. The van der Waals surface area contributed by atoms with E-state index in [9.17, 15) is 0 Å². The minimum atomic E-state index is -0.319. The first-order chi connectivity index (χ1) is 11.9. The summed E-state index contributed by atoms with van der Waals surface area (Å²) < 4.78 is 23.4. The molecule has 0 N–H and O–H groups in total. The van der Waals surface area contributed by atoms with Crippen LogP contribution in [0.2, 0.25) is 0 Å². The minimum absolute atomic E-state index is 0.313. The molecule has 2 fully saturated rings. The van der Waals surface area contributed by atoms with E-state index in [0.29, 0.717) is 0 Å². The summed E-state index contributed by atoms with van der Waals surface area (Å²) in [5.41, 5.74) is 0.401. The Kier molecular flexibility index (Phi) is 5.73. The average molecular weight is 347 g/mol. The van der Waals surface area contributed by atoms with Gasteiger partial charge in [-0.25, -0.2) is 0 Å². The third-order valence-corrected chi connectivity index (χ3v) is 5.40. The maximum Gasteiger partial charge on any atom is 0.494 e. The van der Waals surface area contributed by atoms with Gasteiger partial charge in [0.25, 0.3) is 0 Å². The van der Waals surface area contributed by atoms with Gasteiger partial charge in [-0.2, -0.15) is 0 Å². The summed E-state index contributed by atoms with van der Waals surface area (Å²) in [5.74, 6) is 0.891. The second-order valence-electron chi connectivity index (χ2n) is 7.81. The summed E-state index contributed by atoms with van der Waals surface area (Å²) in [6.07, 6.45) is 1.03. The molecule has 138 valence electrons. The second kappa shape index (κ2) is 7.66. The van der Waals surface area contributed by atoms with Gasteiger partial charge in [0.15, 0.2) is 0 Å². The van der Waals surface area contributed by atoms with Crippen LogP contribution in [0, 0.1) is 0 Å². The highest BCUT2D eigenvalue weighted by Crippen LogP contribution is 2.36. The van der Waals surface area contributed by atoms with Crippen molar-refractivity contribution in [3.63, 3.8) is 0 Å². The minimum Gasteiger partial charge on any atom is -0.494 e. The lowest BCUT2D eigenvalue weighted by Gasteiger charge is -2.32. The normalized spacial score (nSPS) is 23.0. The highest BCUT2D eigenvalue weighted by atomic mass is 16.7. The Morgan fingerprint density at radius 1 is 1.00 bits per heavy atom. The van der Waals surface area contributed by atoms with Crippen LogP contribution in [0.3, 0.4) is 0 Å².